The van der Waals surface area contributed by atoms with Crippen LogP contribution in [0.1, 0.15) is 35.3 Å². The van der Waals surface area contributed by atoms with E-state index in [0.717, 1.165) is 18.0 Å². The van der Waals surface area contributed by atoms with Crippen LogP contribution in [0.25, 0.3) is 0 Å². The molecule has 1 N–H and O–H groups in total. The summed E-state index contributed by atoms with van der Waals surface area (Å²) in [4.78, 5) is 9.79. The summed E-state index contributed by atoms with van der Waals surface area (Å²) in [5.41, 5.74) is 1.26. The number of hydrogen-bond donors (Lipinski definition) is 1. The first-order valence-corrected chi connectivity index (χ1v) is 6.68. The van der Waals surface area contributed by atoms with Crippen molar-refractivity contribution < 1.29 is 0 Å². The second-order valence-electron chi connectivity index (χ2n) is 3.97. The first kappa shape index (κ1) is 12.2. The summed E-state index contributed by atoms with van der Waals surface area (Å²) in [5, 5.41) is 4.56. The van der Waals surface area contributed by atoms with Crippen LogP contribution in [0, 0.1) is 0 Å². The van der Waals surface area contributed by atoms with Gasteiger partial charge in [-0.25, -0.2) is 4.98 Å². The fourth-order valence-corrected chi connectivity index (χ4v) is 2.67. The molecule has 0 amide bonds. The van der Waals surface area contributed by atoms with Crippen LogP contribution in [0.3, 0.4) is 0 Å². The van der Waals surface area contributed by atoms with E-state index in [-0.39, 0.29) is 0 Å². The van der Waals surface area contributed by atoms with Gasteiger partial charge in [0.05, 0.1) is 5.01 Å². The van der Waals surface area contributed by atoms with Gasteiger partial charge in [0.1, 0.15) is 0 Å². The molecule has 0 saturated carbocycles. The molecule has 1 atom stereocenters. The van der Waals surface area contributed by atoms with E-state index in [2.05, 4.69) is 29.1 Å². The van der Waals surface area contributed by atoms with E-state index < -0.39 is 0 Å². The predicted molar refractivity (Wildman–Crippen MR) is 71.2 cm³/mol. The van der Waals surface area contributed by atoms with Crippen LogP contribution < -0.4 is 5.32 Å². The van der Waals surface area contributed by atoms with Crippen molar-refractivity contribution in [3.05, 3.63) is 46.2 Å². The zero-order chi connectivity index (χ0) is 12.1. The van der Waals surface area contributed by atoms with Crippen molar-refractivity contribution in [1.82, 2.24) is 15.3 Å². The Kier molecular flexibility index (Phi) is 4.23. The van der Waals surface area contributed by atoms with E-state index in [1.54, 1.807) is 11.3 Å². The molecule has 0 fully saturated rings. The Morgan fingerprint density at radius 1 is 1.35 bits per heavy atom. The van der Waals surface area contributed by atoms with E-state index in [1.807, 2.05) is 30.7 Å². The molecule has 0 aromatic carbocycles. The monoisotopic (exact) mass is 247 g/mol. The molecule has 0 aliphatic carbocycles. The van der Waals surface area contributed by atoms with Crippen LogP contribution >= 0.6 is 11.3 Å². The first-order valence-electron chi connectivity index (χ1n) is 5.86. The van der Waals surface area contributed by atoms with Gasteiger partial charge in [0.15, 0.2) is 0 Å². The molecule has 0 bridgehead atoms. The molecule has 0 aliphatic heterocycles. The Hall–Kier alpha value is -1.26. The first-order chi connectivity index (χ1) is 8.29. The molecule has 2 heterocycles. The average molecular weight is 247 g/mol. The highest BCUT2D eigenvalue weighted by Gasteiger charge is 2.08. The number of nitrogens with one attached hydrogen (secondary N) is 1. The quantitative estimate of drug-likeness (QED) is 0.883. The number of rotatable bonds is 5. The van der Waals surface area contributed by atoms with Crippen molar-refractivity contribution in [3.8, 4) is 0 Å². The van der Waals surface area contributed by atoms with Gasteiger partial charge in [-0.15, -0.1) is 11.3 Å². The third-order valence-corrected chi connectivity index (χ3v) is 3.79. The lowest BCUT2D eigenvalue weighted by atomic mass is 10.2. The minimum atomic E-state index is 0.392. The minimum Gasteiger partial charge on any atom is -0.310 e. The number of thiazole rings is 1. The topological polar surface area (TPSA) is 37.8 Å². The summed E-state index contributed by atoms with van der Waals surface area (Å²) in [6.45, 7) is 5.28. The summed E-state index contributed by atoms with van der Waals surface area (Å²) in [5.74, 6) is 0. The Morgan fingerprint density at radius 3 is 2.82 bits per heavy atom. The molecule has 0 radical (unpaired) electrons. The van der Waals surface area contributed by atoms with Crippen LogP contribution in [-0.4, -0.2) is 16.5 Å². The molecular formula is C13H17N3S. The highest BCUT2D eigenvalue weighted by atomic mass is 32.1. The van der Waals surface area contributed by atoms with Gasteiger partial charge in [0.2, 0.25) is 0 Å². The minimum absolute atomic E-state index is 0.392. The van der Waals surface area contributed by atoms with Crippen LogP contribution in [-0.2, 0) is 6.42 Å². The predicted octanol–water partition coefficient (Wildman–Crippen LogP) is 2.80. The van der Waals surface area contributed by atoms with Crippen molar-refractivity contribution in [2.45, 2.75) is 26.3 Å². The molecule has 3 nitrogen and oxygen atoms in total. The van der Waals surface area contributed by atoms with E-state index in [0.29, 0.717) is 6.04 Å². The maximum Gasteiger partial charge on any atom is 0.0972 e. The summed E-state index contributed by atoms with van der Waals surface area (Å²) in [6.07, 6.45) is 6.52. The molecule has 0 spiro atoms. The number of nitrogens with zero attached hydrogens (tertiary/aromatic N) is 2. The summed E-state index contributed by atoms with van der Waals surface area (Å²) in [6, 6.07) is 4.47. The largest absolute Gasteiger partial charge is 0.310 e. The summed E-state index contributed by atoms with van der Waals surface area (Å²) < 4.78 is 0. The van der Waals surface area contributed by atoms with Gasteiger partial charge in [-0.2, -0.15) is 0 Å². The Labute approximate surface area is 106 Å². The van der Waals surface area contributed by atoms with Crippen LogP contribution in [0.4, 0.5) is 0 Å². The molecule has 1 unspecified atom stereocenters. The Balaban J connectivity index is 2.04. The molecule has 2 rings (SSSR count). The molecule has 90 valence electrons. The molecular weight excluding hydrogens is 230 g/mol. The van der Waals surface area contributed by atoms with Gasteiger partial charge in [-0.1, -0.05) is 6.92 Å². The van der Waals surface area contributed by atoms with Crippen molar-refractivity contribution >= 4 is 11.3 Å². The van der Waals surface area contributed by atoms with Gasteiger partial charge in [0.25, 0.3) is 0 Å². The van der Waals surface area contributed by atoms with E-state index in [9.17, 15) is 0 Å². The lowest BCUT2D eigenvalue weighted by molar-refractivity contribution is 0.606. The standard InChI is InChI=1S/C13H17N3S/c1-3-15-10(2)12-9-16-13(17-12)8-11-4-6-14-7-5-11/h4-7,9-10,15H,3,8H2,1-2H3. The molecule has 2 aromatic heterocycles. The third kappa shape index (κ3) is 3.35. The number of aromatic nitrogens is 2. The van der Waals surface area contributed by atoms with E-state index in [4.69, 9.17) is 0 Å². The summed E-state index contributed by atoms with van der Waals surface area (Å²) >= 11 is 1.78. The van der Waals surface area contributed by atoms with E-state index in [1.165, 1.54) is 10.4 Å². The lowest BCUT2D eigenvalue weighted by Gasteiger charge is -2.08. The SMILES string of the molecule is CCNC(C)c1cnc(Cc2ccncc2)s1. The molecule has 4 heteroatoms. The lowest BCUT2D eigenvalue weighted by Crippen LogP contribution is -2.16. The summed E-state index contributed by atoms with van der Waals surface area (Å²) in [7, 11) is 0. The second-order valence-corrected chi connectivity index (χ2v) is 5.11. The van der Waals surface area contributed by atoms with Crippen molar-refractivity contribution in [2.24, 2.45) is 0 Å². The van der Waals surface area contributed by atoms with Gasteiger partial charge >= 0.3 is 0 Å². The normalized spacial score (nSPS) is 12.6. The highest BCUT2D eigenvalue weighted by molar-refractivity contribution is 7.11. The Morgan fingerprint density at radius 2 is 2.12 bits per heavy atom. The average Bonchev–Trinajstić information content (AvgIpc) is 2.79. The van der Waals surface area contributed by atoms with Gasteiger partial charge in [-0.05, 0) is 31.2 Å². The zero-order valence-corrected chi connectivity index (χ0v) is 11.0. The second kappa shape index (κ2) is 5.89. The number of hydrogen-bond acceptors (Lipinski definition) is 4. The number of pyridine rings is 1. The van der Waals surface area contributed by atoms with Crippen molar-refractivity contribution in [1.29, 1.82) is 0 Å². The van der Waals surface area contributed by atoms with Crippen LogP contribution in [0.5, 0.6) is 0 Å². The van der Waals surface area contributed by atoms with Gasteiger partial charge in [0, 0.05) is 35.9 Å². The smallest absolute Gasteiger partial charge is 0.0972 e. The van der Waals surface area contributed by atoms with Gasteiger partial charge in [-0.3, -0.25) is 4.98 Å². The maximum absolute atomic E-state index is 4.47. The maximum atomic E-state index is 4.47. The molecule has 17 heavy (non-hydrogen) atoms. The van der Waals surface area contributed by atoms with Crippen LogP contribution in [0.2, 0.25) is 0 Å². The van der Waals surface area contributed by atoms with Crippen molar-refractivity contribution in [2.75, 3.05) is 6.54 Å². The fourth-order valence-electron chi connectivity index (χ4n) is 1.69. The van der Waals surface area contributed by atoms with E-state index >= 15 is 0 Å². The van der Waals surface area contributed by atoms with Gasteiger partial charge < -0.3 is 5.32 Å². The molecule has 0 aliphatic rings. The van der Waals surface area contributed by atoms with Crippen molar-refractivity contribution in [3.63, 3.8) is 0 Å². The molecule has 0 saturated heterocycles. The zero-order valence-electron chi connectivity index (χ0n) is 10.2. The highest BCUT2D eigenvalue weighted by Crippen LogP contribution is 2.22. The molecule has 2 aromatic rings. The fraction of sp³-hybridized carbons (Fsp3) is 0.385. The Bertz CT molecular complexity index is 453. The third-order valence-electron chi connectivity index (χ3n) is 2.61. The van der Waals surface area contributed by atoms with Crippen LogP contribution in [0.15, 0.2) is 30.7 Å².